The van der Waals surface area contributed by atoms with Crippen LogP contribution in [0.4, 0.5) is 5.69 Å². The predicted octanol–water partition coefficient (Wildman–Crippen LogP) is -0.173. The fourth-order valence-corrected chi connectivity index (χ4v) is 3.54. The van der Waals surface area contributed by atoms with Crippen LogP contribution in [0, 0.1) is 0 Å². The van der Waals surface area contributed by atoms with Crippen molar-refractivity contribution in [3.63, 3.8) is 0 Å². The number of anilines is 1. The van der Waals surface area contributed by atoms with E-state index in [9.17, 15) is 18.3 Å². The van der Waals surface area contributed by atoms with Gasteiger partial charge in [-0.1, -0.05) is 0 Å². The average Bonchev–Trinajstić information content (AvgIpc) is 2.41. The first-order valence-corrected chi connectivity index (χ1v) is 7.60. The van der Waals surface area contributed by atoms with Crippen molar-refractivity contribution in [3.8, 4) is 5.75 Å². The summed E-state index contributed by atoms with van der Waals surface area (Å²) in [7, 11) is -3.65. The van der Waals surface area contributed by atoms with Crippen LogP contribution in [0.15, 0.2) is 23.1 Å². The molecule has 0 radical (unpaired) electrons. The van der Waals surface area contributed by atoms with Crippen molar-refractivity contribution < 1.29 is 18.3 Å². The van der Waals surface area contributed by atoms with Gasteiger partial charge in [0.1, 0.15) is 5.75 Å². The number of sulfonamides is 1. The Morgan fingerprint density at radius 3 is 2.35 bits per heavy atom. The number of nitrogen functional groups attached to an aromatic ring is 1. The zero-order valence-corrected chi connectivity index (χ0v) is 11.9. The monoisotopic (exact) mass is 299 g/mol. The van der Waals surface area contributed by atoms with Gasteiger partial charge in [-0.2, -0.15) is 4.31 Å². The van der Waals surface area contributed by atoms with Gasteiger partial charge in [-0.25, -0.2) is 8.42 Å². The smallest absolute Gasteiger partial charge is 0.243 e. The normalized spacial score (nSPS) is 17.1. The first-order chi connectivity index (χ1) is 9.32. The molecule has 1 saturated heterocycles. The summed E-state index contributed by atoms with van der Waals surface area (Å²) in [6.07, 6.45) is 0. The summed E-state index contributed by atoms with van der Waals surface area (Å²) in [5, 5.41) is 9.34. The number of carbonyl (C=O) groups is 1. The van der Waals surface area contributed by atoms with Gasteiger partial charge in [-0.15, -0.1) is 0 Å². The lowest BCUT2D eigenvalue weighted by Gasteiger charge is -2.33. The Hall–Kier alpha value is -1.80. The van der Waals surface area contributed by atoms with Gasteiger partial charge in [-0.3, -0.25) is 4.79 Å². The molecule has 7 nitrogen and oxygen atoms in total. The molecular formula is C12H17N3O4S. The molecule has 0 aromatic heterocycles. The van der Waals surface area contributed by atoms with E-state index in [-0.39, 0.29) is 35.3 Å². The third kappa shape index (κ3) is 2.70. The Labute approximate surface area is 117 Å². The number of piperazine rings is 1. The summed E-state index contributed by atoms with van der Waals surface area (Å²) in [6, 6.07) is 3.81. The summed E-state index contributed by atoms with van der Waals surface area (Å²) in [4.78, 5) is 12.9. The molecule has 0 saturated carbocycles. The Morgan fingerprint density at radius 2 is 1.85 bits per heavy atom. The maximum Gasteiger partial charge on any atom is 0.243 e. The van der Waals surface area contributed by atoms with E-state index in [2.05, 4.69) is 0 Å². The standard InChI is InChI=1S/C12H17N3O4S/c1-9(16)14-4-6-15(7-5-14)20(18,19)10-2-3-12(17)11(13)8-10/h2-3,8,17H,4-7,13H2,1H3. The van der Waals surface area contributed by atoms with Crippen molar-refractivity contribution >= 4 is 21.6 Å². The molecule has 1 fully saturated rings. The van der Waals surface area contributed by atoms with Crippen LogP contribution >= 0.6 is 0 Å². The van der Waals surface area contributed by atoms with Crippen molar-refractivity contribution in [2.24, 2.45) is 0 Å². The van der Waals surface area contributed by atoms with E-state index in [1.807, 2.05) is 0 Å². The number of phenols is 1. The fourth-order valence-electron chi connectivity index (χ4n) is 2.09. The van der Waals surface area contributed by atoms with E-state index in [1.165, 1.54) is 29.4 Å². The average molecular weight is 299 g/mol. The van der Waals surface area contributed by atoms with Crippen molar-refractivity contribution in [1.29, 1.82) is 0 Å². The number of nitrogens with zero attached hydrogens (tertiary/aromatic N) is 2. The van der Waals surface area contributed by atoms with Crippen LogP contribution in [0.2, 0.25) is 0 Å². The van der Waals surface area contributed by atoms with Crippen LogP contribution in [0.3, 0.4) is 0 Å². The van der Waals surface area contributed by atoms with Crippen molar-refractivity contribution in [3.05, 3.63) is 18.2 Å². The summed E-state index contributed by atoms with van der Waals surface area (Å²) in [5.41, 5.74) is 5.54. The molecular weight excluding hydrogens is 282 g/mol. The summed E-state index contributed by atoms with van der Waals surface area (Å²) >= 11 is 0. The Balaban J connectivity index is 2.19. The number of hydrogen-bond acceptors (Lipinski definition) is 5. The van der Waals surface area contributed by atoms with Crippen LogP contribution in [0.1, 0.15) is 6.92 Å². The topological polar surface area (TPSA) is 104 Å². The van der Waals surface area contributed by atoms with E-state index in [4.69, 9.17) is 5.73 Å². The van der Waals surface area contributed by atoms with E-state index in [0.29, 0.717) is 13.1 Å². The largest absolute Gasteiger partial charge is 0.506 e. The second-order valence-electron chi connectivity index (χ2n) is 4.63. The second kappa shape index (κ2) is 5.29. The minimum Gasteiger partial charge on any atom is -0.506 e. The van der Waals surface area contributed by atoms with E-state index in [0.717, 1.165) is 0 Å². The minimum absolute atomic E-state index is 0.0217. The van der Waals surface area contributed by atoms with Crippen LogP contribution in [-0.4, -0.2) is 54.8 Å². The van der Waals surface area contributed by atoms with Gasteiger partial charge in [0.15, 0.2) is 0 Å². The number of nitrogens with two attached hydrogens (primary N) is 1. The maximum absolute atomic E-state index is 12.4. The molecule has 1 aromatic carbocycles. The van der Waals surface area contributed by atoms with E-state index >= 15 is 0 Å². The molecule has 1 amide bonds. The minimum atomic E-state index is -3.65. The van der Waals surface area contributed by atoms with Gasteiger partial charge in [0.05, 0.1) is 10.6 Å². The number of benzene rings is 1. The third-order valence-corrected chi connectivity index (χ3v) is 5.22. The van der Waals surface area contributed by atoms with Gasteiger partial charge in [0.2, 0.25) is 15.9 Å². The molecule has 8 heteroatoms. The van der Waals surface area contributed by atoms with Crippen molar-refractivity contribution in [2.45, 2.75) is 11.8 Å². The number of carbonyl (C=O) groups excluding carboxylic acids is 1. The first kappa shape index (κ1) is 14.6. The molecule has 3 N–H and O–H groups in total. The van der Waals surface area contributed by atoms with E-state index < -0.39 is 10.0 Å². The Bertz CT molecular complexity index is 622. The van der Waals surface area contributed by atoms with Gasteiger partial charge >= 0.3 is 0 Å². The lowest BCUT2D eigenvalue weighted by Crippen LogP contribution is -2.49. The lowest BCUT2D eigenvalue weighted by atomic mass is 10.3. The van der Waals surface area contributed by atoms with Crippen LogP contribution in [0.5, 0.6) is 5.75 Å². The molecule has 1 aliphatic heterocycles. The van der Waals surface area contributed by atoms with Crippen molar-refractivity contribution in [1.82, 2.24) is 9.21 Å². The Kier molecular flexibility index (Phi) is 3.87. The number of amides is 1. The molecule has 1 heterocycles. The van der Waals surface area contributed by atoms with Gasteiger partial charge in [0.25, 0.3) is 0 Å². The summed E-state index contributed by atoms with van der Waals surface area (Å²) < 4.78 is 26.1. The molecule has 0 unspecified atom stereocenters. The number of rotatable bonds is 2. The fraction of sp³-hybridized carbons (Fsp3) is 0.417. The quantitative estimate of drug-likeness (QED) is 0.583. The van der Waals surface area contributed by atoms with Crippen LogP contribution in [-0.2, 0) is 14.8 Å². The number of aromatic hydroxyl groups is 1. The molecule has 0 atom stereocenters. The van der Waals surface area contributed by atoms with Crippen LogP contribution in [0.25, 0.3) is 0 Å². The van der Waals surface area contributed by atoms with Gasteiger partial charge in [-0.05, 0) is 18.2 Å². The molecule has 0 bridgehead atoms. The van der Waals surface area contributed by atoms with Gasteiger partial charge < -0.3 is 15.7 Å². The highest BCUT2D eigenvalue weighted by atomic mass is 32.2. The highest BCUT2D eigenvalue weighted by molar-refractivity contribution is 7.89. The molecule has 110 valence electrons. The molecule has 2 rings (SSSR count). The number of phenolic OH excluding ortho intramolecular Hbond substituents is 1. The molecule has 1 aliphatic rings. The van der Waals surface area contributed by atoms with Crippen molar-refractivity contribution in [2.75, 3.05) is 31.9 Å². The first-order valence-electron chi connectivity index (χ1n) is 6.16. The number of hydrogen-bond donors (Lipinski definition) is 2. The second-order valence-corrected chi connectivity index (χ2v) is 6.57. The highest BCUT2D eigenvalue weighted by Crippen LogP contribution is 2.25. The van der Waals surface area contributed by atoms with Gasteiger partial charge in [0, 0.05) is 33.1 Å². The zero-order valence-electron chi connectivity index (χ0n) is 11.1. The highest BCUT2D eigenvalue weighted by Gasteiger charge is 2.29. The molecule has 1 aromatic rings. The summed E-state index contributed by atoms with van der Waals surface area (Å²) in [6.45, 7) is 2.72. The maximum atomic E-state index is 12.4. The van der Waals surface area contributed by atoms with E-state index in [1.54, 1.807) is 4.90 Å². The SMILES string of the molecule is CC(=O)N1CCN(S(=O)(=O)c2ccc(O)c(N)c2)CC1. The summed E-state index contributed by atoms with van der Waals surface area (Å²) in [5.74, 6) is -0.207. The molecule has 0 spiro atoms. The Morgan fingerprint density at radius 1 is 1.25 bits per heavy atom. The van der Waals surface area contributed by atoms with Crippen LogP contribution < -0.4 is 5.73 Å². The third-order valence-electron chi connectivity index (χ3n) is 3.32. The zero-order chi connectivity index (χ0) is 14.9. The lowest BCUT2D eigenvalue weighted by molar-refractivity contribution is -0.129. The molecule has 0 aliphatic carbocycles. The predicted molar refractivity (Wildman–Crippen MR) is 73.5 cm³/mol. The molecule has 20 heavy (non-hydrogen) atoms.